The maximum atomic E-state index is 12.7. The minimum Gasteiger partial charge on any atom is -0.326 e. The standard InChI is InChI=1S/C23H21N3O3S3/c1-13(2)10-19(28)24-15-7-5-14(6-8-15)17(27)12-32-23-25-21(29)20-16(11-31-22(20)26-23)18-4-3-9-30-18/h3-9,11,13H,10,12H2,1-2H3,(H,24,28)(H,25,26,29). The fraction of sp³-hybridized carbons (Fsp3) is 0.217. The first-order chi connectivity index (χ1) is 15.4. The monoisotopic (exact) mass is 483 g/mol. The molecule has 3 aromatic heterocycles. The van der Waals surface area contributed by atoms with Crippen molar-refractivity contribution in [1.82, 2.24) is 9.97 Å². The number of anilines is 1. The Labute approximate surface area is 197 Å². The molecular formula is C23H21N3O3S3. The fourth-order valence-electron chi connectivity index (χ4n) is 3.15. The summed E-state index contributed by atoms with van der Waals surface area (Å²) in [6.07, 6.45) is 0.450. The van der Waals surface area contributed by atoms with E-state index >= 15 is 0 Å². The lowest BCUT2D eigenvalue weighted by Gasteiger charge is -2.08. The number of ketones is 1. The van der Waals surface area contributed by atoms with Gasteiger partial charge in [0, 0.05) is 33.5 Å². The van der Waals surface area contributed by atoms with Crippen LogP contribution in [-0.2, 0) is 4.79 Å². The number of rotatable bonds is 8. The lowest BCUT2D eigenvalue weighted by Crippen LogP contribution is -2.14. The Hall–Kier alpha value is -2.75. The number of aromatic nitrogens is 2. The van der Waals surface area contributed by atoms with E-state index in [0.717, 1.165) is 10.4 Å². The summed E-state index contributed by atoms with van der Waals surface area (Å²) in [5, 5.41) is 7.76. The van der Waals surface area contributed by atoms with Gasteiger partial charge in [0.25, 0.3) is 5.56 Å². The zero-order valence-corrected chi connectivity index (χ0v) is 20.0. The van der Waals surface area contributed by atoms with Crippen molar-refractivity contribution in [2.75, 3.05) is 11.1 Å². The van der Waals surface area contributed by atoms with Gasteiger partial charge in [-0.05, 0) is 41.6 Å². The van der Waals surface area contributed by atoms with Crippen LogP contribution >= 0.6 is 34.4 Å². The molecule has 0 atom stereocenters. The van der Waals surface area contributed by atoms with Gasteiger partial charge in [0.15, 0.2) is 10.9 Å². The predicted octanol–water partition coefficient (Wildman–Crippen LogP) is 5.67. The molecule has 0 saturated carbocycles. The summed E-state index contributed by atoms with van der Waals surface area (Å²) in [4.78, 5) is 46.1. The molecule has 0 radical (unpaired) electrons. The molecule has 2 N–H and O–H groups in total. The number of thiophene rings is 2. The summed E-state index contributed by atoms with van der Waals surface area (Å²) >= 11 is 4.21. The summed E-state index contributed by atoms with van der Waals surface area (Å²) in [5.41, 5.74) is 1.90. The zero-order chi connectivity index (χ0) is 22.7. The van der Waals surface area contributed by atoms with Crippen LogP contribution in [0.1, 0.15) is 30.6 Å². The predicted molar refractivity (Wildman–Crippen MR) is 133 cm³/mol. The van der Waals surface area contributed by atoms with Gasteiger partial charge in [-0.2, -0.15) is 0 Å². The van der Waals surface area contributed by atoms with Gasteiger partial charge in [0.2, 0.25) is 5.91 Å². The van der Waals surface area contributed by atoms with E-state index in [1.54, 1.807) is 35.6 Å². The molecule has 6 nitrogen and oxygen atoms in total. The number of thioether (sulfide) groups is 1. The minimum atomic E-state index is -0.198. The molecule has 32 heavy (non-hydrogen) atoms. The van der Waals surface area contributed by atoms with Crippen LogP contribution in [0.5, 0.6) is 0 Å². The maximum Gasteiger partial charge on any atom is 0.260 e. The van der Waals surface area contributed by atoms with Gasteiger partial charge in [-0.1, -0.05) is 31.7 Å². The smallest absolute Gasteiger partial charge is 0.260 e. The van der Waals surface area contributed by atoms with Gasteiger partial charge >= 0.3 is 0 Å². The third-order valence-electron chi connectivity index (χ3n) is 4.63. The number of aromatic amines is 1. The fourth-order valence-corrected chi connectivity index (χ4v) is 5.73. The second kappa shape index (κ2) is 9.81. The first kappa shape index (κ1) is 22.4. The Morgan fingerprint density at radius 1 is 1.16 bits per heavy atom. The van der Waals surface area contributed by atoms with Crippen molar-refractivity contribution in [3.63, 3.8) is 0 Å². The van der Waals surface area contributed by atoms with Gasteiger partial charge in [-0.25, -0.2) is 4.98 Å². The number of amides is 1. The molecule has 0 aliphatic heterocycles. The highest BCUT2D eigenvalue weighted by Gasteiger charge is 2.15. The highest BCUT2D eigenvalue weighted by atomic mass is 32.2. The Kier molecular flexibility index (Phi) is 6.88. The first-order valence-corrected chi connectivity index (χ1v) is 12.8. The van der Waals surface area contributed by atoms with E-state index in [2.05, 4.69) is 15.3 Å². The minimum absolute atomic E-state index is 0.0455. The number of carbonyl (C=O) groups excluding carboxylic acids is 2. The molecule has 1 amide bonds. The van der Waals surface area contributed by atoms with E-state index < -0.39 is 0 Å². The molecule has 4 aromatic rings. The molecule has 0 aliphatic carbocycles. The van der Waals surface area contributed by atoms with Crippen LogP contribution in [0.4, 0.5) is 5.69 Å². The second-order valence-electron chi connectivity index (χ2n) is 7.61. The lowest BCUT2D eigenvalue weighted by atomic mass is 10.1. The second-order valence-corrected chi connectivity index (χ2v) is 10.4. The van der Waals surface area contributed by atoms with Crippen molar-refractivity contribution >= 4 is 62.0 Å². The van der Waals surface area contributed by atoms with E-state index in [-0.39, 0.29) is 28.9 Å². The largest absolute Gasteiger partial charge is 0.326 e. The van der Waals surface area contributed by atoms with Crippen LogP contribution in [0, 0.1) is 5.92 Å². The normalized spacial score (nSPS) is 11.2. The molecule has 0 saturated heterocycles. The zero-order valence-electron chi connectivity index (χ0n) is 17.5. The highest BCUT2D eigenvalue weighted by Crippen LogP contribution is 2.34. The average molecular weight is 484 g/mol. The van der Waals surface area contributed by atoms with Crippen molar-refractivity contribution in [3.05, 3.63) is 63.1 Å². The summed E-state index contributed by atoms with van der Waals surface area (Å²) in [5.74, 6) is 0.305. The van der Waals surface area contributed by atoms with Crippen molar-refractivity contribution in [1.29, 1.82) is 0 Å². The van der Waals surface area contributed by atoms with Crippen LogP contribution in [0.2, 0.25) is 0 Å². The van der Waals surface area contributed by atoms with Gasteiger partial charge in [0.05, 0.1) is 11.1 Å². The number of fused-ring (bicyclic) bond motifs is 1. The van der Waals surface area contributed by atoms with E-state index in [9.17, 15) is 14.4 Å². The molecule has 1 aromatic carbocycles. The topological polar surface area (TPSA) is 91.9 Å². The van der Waals surface area contributed by atoms with Crippen LogP contribution in [0.25, 0.3) is 20.7 Å². The Morgan fingerprint density at radius 2 is 1.94 bits per heavy atom. The average Bonchev–Trinajstić information content (AvgIpc) is 3.41. The lowest BCUT2D eigenvalue weighted by molar-refractivity contribution is -0.116. The Balaban J connectivity index is 1.42. The molecule has 0 unspecified atom stereocenters. The number of hydrogen-bond donors (Lipinski definition) is 2. The highest BCUT2D eigenvalue weighted by molar-refractivity contribution is 7.99. The third kappa shape index (κ3) is 5.17. The Morgan fingerprint density at radius 3 is 2.62 bits per heavy atom. The molecule has 0 bridgehead atoms. The maximum absolute atomic E-state index is 12.7. The number of benzene rings is 1. The quantitative estimate of drug-likeness (QED) is 0.191. The number of carbonyl (C=O) groups is 2. The van der Waals surface area contributed by atoms with E-state index in [4.69, 9.17) is 0 Å². The van der Waals surface area contributed by atoms with Crippen molar-refractivity contribution < 1.29 is 9.59 Å². The van der Waals surface area contributed by atoms with Gasteiger partial charge in [-0.15, -0.1) is 22.7 Å². The van der Waals surface area contributed by atoms with Gasteiger partial charge in [0.1, 0.15) is 4.83 Å². The molecule has 0 fully saturated rings. The molecule has 164 valence electrons. The molecule has 3 heterocycles. The summed E-state index contributed by atoms with van der Waals surface area (Å²) < 4.78 is 0. The number of nitrogens with one attached hydrogen (secondary N) is 2. The summed E-state index contributed by atoms with van der Waals surface area (Å²) in [6.45, 7) is 3.97. The number of hydrogen-bond acceptors (Lipinski definition) is 7. The number of nitrogens with zero attached hydrogens (tertiary/aromatic N) is 1. The van der Waals surface area contributed by atoms with Crippen LogP contribution < -0.4 is 10.9 Å². The van der Waals surface area contributed by atoms with Crippen LogP contribution in [0.3, 0.4) is 0 Å². The van der Waals surface area contributed by atoms with Crippen LogP contribution in [-0.4, -0.2) is 27.4 Å². The molecular weight excluding hydrogens is 462 g/mol. The SMILES string of the molecule is CC(C)CC(=O)Nc1ccc(C(=O)CSc2nc3scc(-c4cccs4)c3c(=O)[nH]2)cc1. The number of Topliss-reactive ketones (excluding diaryl/α,β-unsaturated/α-hetero) is 1. The molecule has 0 spiro atoms. The molecule has 9 heteroatoms. The Bertz CT molecular complexity index is 1310. The summed E-state index contributed by atoms with van der Waals surface area (Å²) in [7, 11) is 0. The van der Waals surface area contributed by atoms with Gasteiger partial charge < -0.3 is 10.3 Å². The van der Waals surface area contributed by atoms with E-state index in [1.807, 2.05) is 36.7 Å². The first-order valence-electron chi connectivity index (χ1n) is 10.0. The van der Waals surface area contributed by atoms with E-state index in [1.165, 1.54) is 23.1 Å². The molecule has 0 aliphatic rings. The van der Waals surface area contributed by atoms with Crippen molar-refractivity contribution in [3.8, 4) is 10.4 Å². The van der Waals surface area contributed by atoms with Crippen LogP contribution in [0.15, 0.2) is 57.1 Å². The van der Waals surface area contributed by atoms with Crippen molar-refractivity contribution in [2.45, 2.75) is 25.4 Å². The van der Waals surface area contributed by atoms with E-state index in [0.29, 0.717) is 33.0 Å². The van der Waals surface area contributed by atoms with Gasteiger partial charge in [-0.3, -0.25) is 14.4 Å². The number of H-pyrrole nitrogens is 1. The van der Waals surface area contributed by atoms with Crippen molar-refractivity contribution in [2.24, 2.45) is 5.92 Å². The summed E-state index contributed by atoms with van der Waals surface area (Å²) in [6, 6.07) is 10.8. The third-order valence-corrected chi connectivity index (χ3v) is 7.28. The molecule has 4 rings (SSSR count).